The summed E-state index contributed by atoms with van der Waals surface area (Å²) in [5, 5.41) is 2.97. The minimum Gasteiger partial charge on any atom is -0.376 e. The van der Waals surface area contributed by atoms with Crippen LogP contribution in [-0.2, 0) is 13.8 Å². The summed E-state index contributed by atoms with van der Waals surface area (Å²) in [4.78, 5) is 12.4. The first kappa shape index (κ1) is 16.3. The van der Waals surface area contributed by atoms with Gasteiger partial charge in [-0.1, -0.05) is 0 Å². The van der Waals surface area contributed by atoms with Gasteiger partial charge < -0.3 is 10.1 Å². The average molecular weight is 332 g/mol. The molecule has 1 N–H and O–H groups in total. The van der Waals surface area contributed by atoms with Crippen LogP contribution in [0.15, 0.2) is 23.1 Å². The number of hydrogen-bond acceptors (Lipinski definition) is 4. The van der Waals surface area contributed by atoms with Crippen LogP contribution in [0.25, 0.3) is 0 Å². The summed E-state index contributed by atoms with van der Waals surface area (Å²) in [5.41, 5.74) is 0.574. The van der Waals surface area contributed by atoms with Gasteiger partial charge >= 0.3 is 0 Å². The Balaban J connectivity index is 2.24. The molecule has 1 saturated heterocycles. The van der Waals surface area contributed by atoms with E-state index in [2.05, 4.69) is 5.32 Å². The Morgan fingerprint density at radius 1 is 1.48 bits per heavy atom. The zero-order chi connectivity index (χ0) is 15.8. The van der Waals surface area contributed by atoms with E-state index in [1.54, 1.807) is 6.92 Å². The fourth-order valence-corrected chi connectivity index (χ4v) is 3.20. The molecule has 1 aliphatic rings. The molecule has 0 bridgehead atoms. The monoisotopic (exact) mass is 331 g/mol. The van der Waals surface area contributed by atoms with Gasteiger partial charge in [-0.15, -0.1) is 0 Å². The summed E-state index contributed by atoms with van der Waals surface area (Å²) >= 11 is 0. The molecule has 1 amide bonds. The summed E-state index contributed by atoms with van der Waals surface area (Å²) in [6.07, 6.45) is 0.678. The van der Waals surface area contributed by atoms with Crippen molar-refractivity contribution >= 4 is 25.6 Å². The van der Waals surface area contributed by atoms with E-state index in [9.17, 15) is 13.2 Å². The third-order valence-electron chi connectivity index (χ3n) is 4.01. The van der Waals surface area contributed by atoms with E-state index in [0.29, 0.717) is 17.7 Å². The quantitative estimate of drug-likeness (QED) is 0.862. The molecule has 1 aromatic carbocycles. The Hall–Kier alpha value is -1.11. The van der Waals surface area contributed by atoms with E-state index in [-0.39, 0.29) is 16.9 Å². The molecule has 2 unspecified atom stereocenters. The highest BCUT2D eigenvalue weighted by atomic mass is 35.7. The number of halogens is 1. The highest BCUT2D eigenvalue weighted by Gasteiger charge is 2.38. The first-order valence-corrected chi connectivity index (χ1v) is 8.94. The van der Waals surface area contributed by atoms with E-state index < -0.39 is 14.6 Å². The lowest BCUT2D eigenvalue weighted by atomic mass is 9.94. The second-order valence-corrected chi connectivity index (χ2v) is 8.12. The summed E-state index contributed by atoms with van der Waals surface area (Å²) < 4.78 is 28.1. The number of carbonyl (C=O) groups excluding carboxylic acids is 1. The van der Waals surface area contributed by atoms with E-state index in [1.807, 2.05) is 13.8 Å². The lowest BCUT2D eigenvalue weighted by molar-refractivity contribution is 0.0727. The first-order valence-electron chi connectivity index (χ1n) is 6.63. The number of ether oxygens (including phenoxy) is 1. The fourth-order valence-electron chi connectivity index (χ4n) is 2.37. The third kappa shape index (κ3) is 3.39. The molecule has 0 radical (unpaired) electrons. The van der Waals surface area contributed by atoms with Crippen molar-refractivity contribution in [2.45, 2.75) is 43.7 Å². The van der Waals surface area contributed by atoms with Crippen LogP contribution < -0.4 is 5.32 Å². The number of rotatable bonds is 3. The third-order valence-corrected chi connectivity index (χ3v) is 5.36. The molecule has 5 nitrogen and oxygen atoms in total. The maximum atomic E-state index is 12.4. The molecule has 116 valence electrons. The first-order chi connectivity index (χ1) is 9.63. The predicted octanol–water partition coefficient (Wildman–Crippen LogP) is 2.22. The number of carbonyl (C=O) groups is 1. The molecular weight excluding hydrogens is 314 g/mol. The Kier molecular flexibility index (Phi) is 4.33. The maximum Gasteiger partial charge on any atom is 0.261 e. The number of benzene rings is 1. The summed E-state index contributed by atoms with van der Waals surface area (Å²) in [6, 6.07) is 4.21. The molecule has 1 heterocycles. The molecule has 0 saturated carbocycles. The maximum absolute atomic E-state index is 12.4. The van der Waals surface area contributed by atoms with Gasteiger partial charge in [-0.2, -0.15) is 0 Å². The van der Waals surface area contributed by atoms with E-state index in [4.69, 9.17) is 15.4 Å². The fraction of sp³-hybridized carbons (Fsp3) is 0.500. The standard InChI is InChI=1S/C14H18ClNO4S/c1-9-8-11(21(15,18)19)4-5-12(9)13(17)16-14(3)6-7-20-10(14)2/h4-5,8,10H,6-7H2,1-3H3,(H,16,17). The van der Waals surface area contributed by atoms with Gasteiger partial charge in [0.15, 0.2) is 0 Å². The van der Waals surface area contributed by atoms with Crippen molar-refractivity contribution in [1.82, 2.24) is 5.32 Å². The predicted molar refractivity (Wildman–Crippen MR) is 80.1 cm³/mol. The van der Waals surface area contributed by atoms with Crippen LogP contribution in [0.4, 0.5) is 0 Å². The zero-order valence-corrected chi connectivity index (χ0v) is 13.7. The van der Waals surface area contributed by atoms with Crippen molar-refractivity contribution in [1.29, 1.82) is 0 Å². The second kappa shape index (κ2) is 5.59. The minimum absolute atomic E-state index is 0.0120. The van der Waals surface area contributed by atoms with Gasteiger partial charge in [0.05, 0.1) is 16.5 Å². The number of hydrogen-bond donors (Lipinski definition) is 1. The highest BCUT2D eigenvalue weighted by molar-refractivity contribution is 8.13. The molecule has 21 heavy (non-hydrogen) atoms. The van der Waals surface area contributed by atoms with Crippen molar-refractivity contribution in [2.24, 2.45) is 0 Å². The van der Waals surface area contributed by atoms with Crippen molar-refractivity contribution in [3.63, 3.8) is 0 Å². The number of amides is 1. The van der Waals surface area contributed by atoms with Crippen molar-refractivity contribution in [3.05, 3.63) is 29.3 Å². The molecule has 1 fully saturated rings. The molecule has 2 rings (SSSR count). The summed E-state index contributed by atoms with van der Waals surface area (Å²) in [5.74, 6) is -0.245. The van der Waals surface area contributed by atoms with Gasteiger partial charge in [0.2, 0.25) is 0 Å². The molecule has 0 aromatic heterocycles. The van der Waals surface area contributed by atoms with Crippen molar-refractivity contribution < 1.29 is 17.9 Å². The Morgan fingerprint density at radius 3 is 2.62 bits per heavy atom. The average Bonchev–Trinajstić information content (AvgIpc) is 2.67. The van der Waals surface area contributed by atoms with Gasteiger partial charge in [0.1, 0.15) is 0 Å². The van der Waals surface area contributed by atoms with Crippen LogP contribution in [-0.4, -0.2) is 32.6 Å². The molecule has 0 spiro atoms. The Morgan fingerprint density at radius 2 is 2.14 bits per heavy atom. The van der Waals surface area contributed by atoms with Gasteiger partial charge in [-0.05, 0) is 51.0 Å². The Labute approximate surface area is 129 Å². The lowest BCUT2D eigenvalue weighted by Crippen LogP contribution is -2.50. The van der Waals surface area contributed by atoms with Crippen LogP contribution in [0.3, 0.4) is 0 Å². The molecule has 0 aliphatic carbocycles. The van der Waals surface area contributed by atoms with E-state index >= 15 is 0 Å². The minimum atomic E-state index is -3.79. The summed E-state index contributed by atoms with van der Waals surface area (Å²) in [6.45, 7) is 6.15. The topological polar surface area (TPSA) is 72.5 Å². The van der Waals surface area contributed by atoms with Crippen LogP contribution in [0, 0.1) is 6.92 Å². The number of nitrogens with one attached hydrogen (secondary N) is 1. The van der Waals surface area contributed by atoms with Crippen LogP contribution in [0.1, 0.15) is 36.2 Å². The van der Waals surface area contributed by atoms with Gasteiger partial charge in [-0.3, -0.25) is 4.79 Å². The second-order valence-electron chi connectivity index (χ2n) is 5.55. The van der Waals surface area contributed by atoms with Gasteiger partial charge in [0, 0.05) is 22.9 Å². The Bertz CT molecular complexity index is 674. The van der Waals surface area contributed by atoms with Crippen molar-refractivity contribution in [2.75, 3.05) is 6.61 Å². The smallest absolute Gasteiger partial charge is 0.261 e. The van der Waals surface area contributed by atoms with Crippen LogP contribution in [0.5, 0.6) is 0 Å². The largest absolute Gasteiger partial charge is 0.376 e. The van der Waals surface area contributed by atoms with Crippen molar-refractivity contribution in [3.8, 4) is 0 Å². The molecular formula is C14H18ClNO4S. The lowest BCUT2D eigenvalue weighted by Gasteiger charge is -2.29. The summed E-state index contributed by atoms with van der Waals surface area (Å²) in [7, 11) is 1.51. The molecule has 1 aliphatic heterocycles. The number of aryl methyl sites for hydroxylation is 1. The van der Waals surface area contributed by atoms with Crippen LogP contribution in [0.2, 0.25) is 0 Å². The molecule has 7 heteroatoms. The molecule has 1 aromatic rings. The zero-order valence-electron chi connectivity index (χ0n) is 12.1. The highest BCUT2D eigenvalue weighted by Crippen LogP contribution is 2.26. The van der Waals surface area contributed by atoms with Gasteiger partial charge in [-0.25, -0.2) is 8.42 Å². The SMILES string of the molecule is Cc1cc(S(=O)(=O)Cl)ccc1C(=O)NC1(C)CCOC1C. The van der Waals surface area contributed by atoms with Crippen LogP contribution >= 0.6 is 10.7 Å². The molecule has 2 atom stereocenters. The normalized spacial score (nSPS) is 25.8. The van der Waals surface area contributed by atoms with E-state index in [0.717, 1.165) is 6.42 Å². The van der Waals surface area contributed by atoms with E-state index in [1.165, 1.54) is 18.2 Å². The van der Waals surface area contributed by atoms with Gasteiger partial charge in [0.25, 0.3) is 15.0 Å².